The largest absolute Gasteiger partial charge is 0.381 e. The highest BCUT2D eigenvalue weighted by Crippen LogP contribution is 2.30. The predicted octanol–water partition coefficient (Wildman–Crippen LogP) is 1.89. The number of hydrazone groups is 1. The summed E-state index contributed by atoms with van der Waals surface area (Å²) in [4.78, 5) is 34.4. The molecule has 1 aromatic heterocycles. The molecule has 0 unspecified atom stereocenters. The van der Waals surface area contributed by atoms with Crippen molar-refractivity contribution >= 4 is 28.9 Å². The van der Waals surface area contributed by atoms with E-state index < -0.39 is 11.9 Å². The van der Waals surface area contributed by atoms with Gasteiger partial charge in [0.1, 0.15) is 23.9 Å². The number of nitrogens with zero attached hydrogens (tertiary/aromatic N) is 6. The third-order valence-electron chi connectivity index (χ3n) is 6.92. The number of anilines is 2. The van der Waals surface area contributed by atoms with Crippen LogP contribution in [0.3, 0.4) is 0 Å². The third-order valence-corrected chi connectivity index (χ3v) is 6.92. The number of rotatable bonds is 8. The minimum Gasteiger partial charge on any atom is -0.381 e. The predicted molar refractivity (Wildman–Crippen MR) is 150 cm³/mol. The van der Waals surface area contributed by atoms with Crippen molar-refractivity contribution in [3.05, 3.63) is 84.1 Å². The number of carbonyl (C=O) groups excluding carboxylic acids is 2. The lowest BCUT2D eigenvalue weighted by atomic mass is 10.1. The highest BCUT2D eigenvalue weighted by atomic mass is 16.2. The van der Waals surface area contributed by atoms with Gasteiger partial charge in [-0.1, -0.05) is 43.0 Å². The molecule has 0 saturated carbocycles. The Kier molecular flexibility index (Phi) is 7.69. The molecule has 2 aromatic carbocycles. The zero-order valence-corrected chi connectivity index (χ0v) is 22.2. The fourth-order valence-electron chi connectivity index (χ4n) is 4.73. The van der Waals surface area contributed by atoms with E-state index in [9.17, 15) is 9.59 Å². The Bertz CT molecular complexity index is 1400. The molecule has 11 heteroatoms. The molecule has 3 heterocycles. The second-order valence-corrected chi connectivity index (χ2v) is 9.84. The summed E-state index contributed by atoms with van der Waals surface area (Å²) in [6.45, 7) is 8.99. The fourth-order valence-corrected chi connectivity index (χ4v) is 4.73. The first-order chi connectivity index (χ1) is 18.9. The summed E-state index contributed by atoms with van der Waals surface area (Å²) in [6.07, 6.45) is 2.18. The van der Waals surface area contributed by atoms with Crippen molar-refractivity contribution < 1.29 is 9.59 Å². The molecule has 5 rings (SSSR count). The average molecular weight is 528 g/mol. The molecule has 0 bridgehead atoms. The molecule has 0 spiro atoms. The molecule has 3 N–H and O–H groups in total. The van der Waals surface area contributed by atoms with Gasteiger partial charge in [0, 0.05) is 38.8 Å². The molecule has 1 atom stereocenters. The molecule has 0 radical (unpaired) electrons. The number of fused-ring (bicyclic) bond motifs is 2. The van der Waals surface area contributed by atoms with Crippen LogP contribution in [-0.2, 0) is 35.6 Å². The van der Waals surface area contributed by atoms with E-state index in [1.807, 2.05) is 47.1 Å². The molecule has 2 amide bonds. The van der Waals surface area contributed by atoms with Gasteiger partial charge in [-0.2, -0.15) is 10.2 Å². The summed E-state index contributed by atoms with van der Waals surface area (Å²) in [6, 6.07) is 15.2. The van der Waals surface area contributed by atoms with Crippen LogP contribution in [0.1, 0.15) is 23.9 Å². The van der Waals surface area contributed by atoms with Gasteiger partial charge in [0.05, 0.1) is 24.5 Å². The van der Waals surface area contributed by atoms with Crippen LogP contribution in [-0.4, -0.2) is 63.4 Å². The van der Waals surface area contributed by atoms with Gasteiger partial charge in [-0.05, 0) is 30.2 Å². The fraction of sp³-hybridized carbons (Fsp3) is 0.321. The van der Waals surface area contributed by atoms with Gasteiger partial charge in [0.25, 0.3) is 11.8 Å². The first-order valence-corrected chi connectivity index (χ1v) is 12.9. The third kappa shape index (κ3) is 6.15. The van der Waals surface area contributed by atoms with Crippen LogP contribution in [0.15, 0.2) is 72.2 Å². The van der Waals surface area contributed by atoms with Crippen molar-refractivity contribution in [2.24, 2.45) is 5.10 Å². The number of allylic oxidation sites excluding steroid dienone is 1. The molecule has 0 fully saturated rings. The van der Waals surface area contributed by atoms with Gasteiger partial charge < -0.3 is 15.5 Å². The lowest BCUT2D eigenvalue weighted by Gasteiger charge is -2.27. The topological polar surface area (TPSA) is 120 Å². The number of hydrogen-bond donors (Lipinski definition) is 3. The minimum atomic E-state index is -0.746. The minimum absolute atomic E-state index is 0.202. The molecule has 39 heavy (non-hydrogen) atoms. The number of benzene rings is 2. The normalized spacial score (nSPS) is 17.5. The van der Waals surface area contributed by atoms with E-state index in [1.54, 1.807) is 25.2 Å². The molecule has 11 nitrogen and oxygen atoms in total. The SMILES string of the molecule is C=C(Cc1ccccc1)N/N=C(\C)C(=O)N[C@H]1CNc2ccc(CN3CCn4ncnc4C3)cc2N(C)C1=O. The quantitative estimate of drug-likeness (QED) is 0.302. The van der Waals surface area contributed by atoms with Gasteiger partial charge in [-0.15, -0.1) is 0 Å². The molecule has 0 saturated heterocycles. The van der Waals surface area contributed by atoms with Crippen molar-refractivity contribution in [3.8, 4) is 0 Å². The van der Waals surface area contributed by atoms with Gasteiger partial charge in [0.2, 0.25) is 0 Å². The summed E-state index contributed by atoms with van der Waals surface area (Å²) in [5.74, 6) is 0.332. The van der Waals surface area contributed by atoms with E-state index in [4.69, 9.17) is 0 Å². The molecule has 3 aromatic rings. The Morgan fingerprint density at radius 2 is 2.00 bits per heavy atom. The van der Waals surface area contributed by atoms with E-state index in [1.165, 1.54) is 0 Å². The second-order valence-electron chi connectivity index (χ2n) is 9.84. The summed E-state index contributed by atoms with van der Waals surface area (Å²) < 4.78 is 1.93. The van der Waals surface area contributed by atoms with Gasteiger partial charge in [-0.3, -0.25) is 19.9 Å². The van der Waals surface area contributed by atoms with E-state index in [-0.39, 0.29) is 18.2 Å². The maximum Gasteiger partial charge on any atom is 0.267 e. The Morgan fingerprint density at radius 3 is 2.82 bits per heavy atom. The maximum atomic E-state index is 13.3. The highest BCUT2D eigenvalue weighted by molar-refractivity contribution is 6.38. The molecule has 2 aliphatic rings. The molecular formula is C28H33N9O2. The van der Waals surface area contributed by atoms with Crippen LogP contribution in [0.2, 0.25) is 0 Å². The lowest BCUT2D eigenvalue weighted by molar-refractivity contribution is -0.124. The smallest absolute Gasteiger partial charge is 0.267 e. The first-order valence-electron chi connectivity index (χ1n) is 12.9. The Hall–Kier alpha value is -4.51. The average Bonchev–Trinajstić information content (AvgIpc) is 3.38. The number of hydrogen-bond acceptors (Lipinski definition) is 8. The maximum absolute atomic E-state index is 13.3. The van der Waals surface area contributed by atoms with Crippen LogP contribution in [0.25, 0.3) is 0 Å². The number of nitrogens with one attached hydrogen (secondary N) is 3. The van der Waals surface area contributed by atoms with E-state index in [0.29, 0.717) is 12.1 Å². The monoisotopic (exact) mass is 527 g/mol. The van der Waals surface area contributed by atoms with Crippen LogP contribution < -0.4 is 21.0 Å². The standard InChI is InChI=1S/C28H33N9O2/c1-19(13-21-7-5-4-6-8-21)33-34-20(2)27(38)32-24-15-29-23-10-9-22(14-25(23)35(3)28(24)39)16-36-11-12-37-26(17-36)30-18-31-37/h4-10,14,18,24,29,33H,1,11-13,15-17H2,2-3H3,(H,32,38)/b34-20+/t24-/m0/s1. The van der Waals surface area contributed by atoms with E-state index in [0.717, 1.165) is 54.5 Å². The summed E-state index contributed by atoms with van der Waals surface area (Å²) in [5, 5.41) is 14.5. The zero-order valence-electron chi connectivity index (χ0n) is 22.2. The number of amides is 2. The molecule has 202 valence electrons. The van der Waals surface area contributed by atoms with Crippen LogP contribution >= 0.6 is 0 Å². The zero-order chi connectivity index (χ0) is 27.4. The van der Waals surface area contributed by atoms with Crippen molar-refractivity contribution in [1.82, 2.24) is 30.4 Å². The molecule has 0 aliphatic carbocycles. The van der Waals surface area contributed by atoms with Gasteiger partial charge in [0.15, 0.2) is 0 Å². The number of carbonyl (C=O) groups is 2. The summed E-state index contributed by atoms with van der Waals surface area (Å²) >= 11 is 0. The number of aromatic nitrogens is 3. The molecule has 2 aliphatic heterocycles. The van der Waals surface area contributed by atoms with Crippen molar-refractivity contribution in [2.45, 2.75) is 39.0 Å². The Balaban J connectivity index is 1.18. The molecular weight excluding hydrogens is 494 g/mol. The number of likely N-dealkylation sites (N-methyl/N-ethyl adjacent to an activating group) is 1. The van der Waals surface area contributed by atoms with Crippen LogP contribution in [0.4, 0.5) is 11.4 Å². The van der Waals surface area contributed by atoms with Gasteiger partial charge >= 0.3 is 0 Å². The van der Waals surface area contributed by atoms with E-state index in [2.05, 4.69) is 48.8 Å². The van der Waals surface area contributed by atoms with Crippen molar-refractivity contribution in [2.75, 3.05) is 30.4 Å². The van der Waals surface area contributed by atoms with Crippen molar-refractivity contribution in [1.29, 1.82) is 0 Å². The van der Waals surface area contributed by atoms with Crippen LogP contribution in [0, 0.1) is 0 Å². The Morgan fingerprint density at radius 1 is 1.18 bits per heavy atom. The summed E-state index contributed by atoms with van der Waals surface area (Å²) in [7, 11) is 1.73. The van der Waals surface area contributed by atoms with Crippen LogP contribution in [0.5, 0.6) is 0 Å². The second kappa shape index (κ2) is 11.5. The van der Waals surface area contributed by atoms with Gasteiger partial charge in [-0.25, -0.2) is 9.67 Å². The van der Waals surface area contributed by atoms with E-state index >= 15 is 0 Å². The summed E-state index contributed by atoms with van der Waals surface area (Å²) in [5.41, 5.74) is 7.52. The first kappa shape index (κ1) is 26.1. The highest BCUT2D eigenvalue weighted by Gasteiger charge is 2.30. The Labute approximate surface area is 227 Å². The van der Waals surface area contributed by atoms with Crippen molar-refractivity contribution in [3.63, 3.8) is 0 Å². The lowest BCUT2D eigenvalue weighted by Crippen LogP contribution is -2.51.